The first-order valence-electron chi connectivity index (χ1n) is 12.1. The van der Waals surface area contributed by atoms with Gasteiger partial charge in [0.1, 0.15) is 11.4 Å². The fourth-order valence-electron chi connectivity index (χ4n) is 5.25. The van der Waals surface area contributed by atoms with Gasteiger partial charge in [0.25, 0.3) is 0 Å². The predicted octanol–water partition coefficient (Wildman–Crippen LogP) is 6.64. The molecular formula is C29H34FNO3. The van der Waals surface area contributed by atoms with Crippen LogP contribution in [0.3, 0.4) is 0 Å². The molecule has 1 N–H and O–H groups in total. The summed E-state index contributed by atoms with van der Waals surface area (Å²) in [4.78, 5) is 13.5. The SMILES string of the molecule is CCC1CC(C)(F)CCN1Cc1ccc(-c2cccc3c(CCC(=O)O)cccc23)c(OC)c1. The summed E-state index contributed by atoms with van der Waals surface area (Å²) in [6.07, 6.45) is 2.70. The number of nitrogens with zero attached hydrogens (tertiary/aromatic N) is 1. The molecule has 1 aliphatic heterocycles. The first kappa shape index (κ1) is 24.2. The highest BCUT2D eigenvalue weighted by Crippen LogP contribution is 2.38. The Hall–Kier alpha value is -2.92. The summed E-state index contributed by atoms with van der Waals surface area (Å²) in [7, 11) is 1.69. The number of aryl methyl sites for hydroxylation is 1. The van der Waals surface area contributed by atoms with E-state index in [0.29, 0.717) is 19.3 Å². The maximum atomic E-state index is 14.5. The summed E-state index contributed by atoms with van der Waals surface area (Å²) < 4.78 is 20.4. The van der Waals surface area contributed by atoms with Crippen molar-refractivity contribution in [3.63, 3.8) is 0 Å². The van der Waals surface area contributed by atoms with E-state index >= 15 is 0 Å². The van der Waals surface area contributed by atoms with Gasteiger partial charge in [-0.3, -0.25) is 9.69 Å². The van der Waals surface area contributed by atoms with E-state index in [2.05, 4.69) is 48.2 Å². The van der Waals surface area contributed by atoms with Gasteiger partial charge < -0.3 is 9.84 Å². The van der Waals surface area contributed by atoms with Crippen molar-refractivity contribution >= 4 is 16.7 Å². The fourth-order valence-corrected chi connectivity index (χ4v) is 5.25. The van der Waals surface area contributed by atoms with Crippen molar-refractivity contribution in [1.29, 1.82) is 0 Å². The van der Waals surface area contributed by atoms with Crippen LogP contribution in [0.15, 0.2) is 54.6 Å². The van der Waals surface area contributed by atoms with E-state index in [1.54, 1.807) is 14.0 Å². The molecule has 0 amide bonds. The molecular weight excluding hydrogens is 429 g/mol. The van der Waals surface area contributed by atoms with Crippen LogP contribution in [0.1, 0.15) is 50.7 Å². The van der Waals surface area contributed by atoms with Crippen molar-refractivity contribution in [2.75, 3.05) is 13.7 Å². The number of fused-ring (bicyclic) bond motifs is 1. The standard InChI is InChI=1S/C29H34FNO3/c1-4-22-18-29(2,30)15-16-31(22)19-20-11-13-26(27(17-20)34-3)25-10-6-8-23-21(12-14-28(32)33)7-5-9-24(23)25/h5-11,13,17,22H,4,12,14-16,18-19H2,1-3H3,(H,32,33). The van der Waals surface area contributed by atoms with Crippen LogP contribution < -0.4 is 4.74 Å². The maximum absolute atomic E-state index is 14.5. The number of rotatable bonds is 8. The molecule has 0 aromatic heterocycles. The van der Waals surface area contributed by atoms with E-state index < -0.39 is 11.6 Å². The van der Waals surface area contributed by atoms with Gasteiger partial charge >= 0.3 is 5.97 Å². The number of piperidine rings is 1. The minimum Gasteiger partial charge on any atom is -0.496 e. The third kappa shape index (κ3) is 5.25. The van der Waals surface area contributed by atoms with Gasteiger partial charge in [0.2, 0.25) is 0 Å². The average Bonchev–Trinajstić information content (AvgIpc) is 2.83. The van der Waals surface area contributed by atoms with Gasteiger partial charge in [0, 0.05) is 31.1 Å². The van der Waals surface area contributed by atoms with Crippen LogP contribution in [0.4, 0.5) is 4.39 Å². The highest BCUT2D eigenvalue weighted by Gasteiger charge is 2.35. The quantitative estimate of drug-likeness (QED) is 0.407. The van der Waals surface area contributed by atoms with Crippen molar-refractivity contribution < 1.29 is 19.0 Å². The highest BCUT2D eigenvalue weighted by atomic mass is 19.1. The Balaban J connectivity index is 1.65. The van der Waals surface area contributed by atoms with Gasteiger partial charge in [-0.15, -0.1) is 0 Å². The van der Waals surface area contributed by atoms with E-state index in [1.807, 2.05) is 18.2 Å². The van der Waals surface area contributed by atoms with E-state index in [-0.39, 0.29) is 12.5 Å². The molecule has 1 aliphatic rings. The number of alkyl halides is 1. The number of benzene rings is 3. The Bertz CT molecular complexity index is 1170. The molecule has 0 saturated carbocycles. The van der Waals surface area contributed by atoms with Crippen LogP contribution in [-0.4, -0.2) is 41.3 Å². The maximum Gasteiger partial charge on any atom is 0.303 e. The molecule has 3 aromatic carbocycles. The van der Waals surface area contributed by atoms with Crippen molar-refractivity contribution in [1.82, 2.24) is 4.90 Å². The topological polar surface area (TPSA) is 49.8 Å². The lowest BCUT2D eigenvalue weighted by Gasteiger charge is -2.41. The van der Waals surface area contributed by atoms with E-state index in [4.69, 9.17) is 9.84 Å². The summed E-state index contributed by atoms with van der Waals surface area (Å²) in [5, 5.41) is 11.3. The minimum atomic E-state index is -1.07. The third-order valence-electron chi connectivity index (χ3n) is 7.13. The van der Waals surface area contributed by atoms with Crippen molar-refractivity contribution in [2.45, 2.75) is 64.2 Å². The molecule has 2 atom stereocenters. The van der Waals surface area contributed by atoms with E-state index in [1.165, 1.54) is 0 Å². The Morgan fingerprint density at radius 3 is 2.65 bits per heavy atom. The van der Waals surface area contributed by atoms with Crippen LogP contribution in [0.5, 0.6) is 5.75 Å². The number of hydrogen-bond acceptors (Lipinski definition) is 3. The molecule has 0 bridgehead atoms. The Morgan fingerprint density at radius 2 is 1.91 bits per heavy atom. The zero-order valence-corrected chi connectivity index (χ0v) is 20.3. The number of ether oxygens (including phenoxy) is 1. The minimum absolute atomic E-state index is 0.109. The molecule has 180 valence electrons. The van der Waals surface area contributed by atoms with Crippen molar-refractivity contribution in [3.05, 3.63) is 65.7 Å². The molecule has 4 nitrogen and oxygen atoms in total. The molecule has 1 heterocycles. The third-order valence-corrected chi connectivity index (χ3v) is 7.13. The molecule has 3 aromatic rings. The second-order valence-corrected chi connectivity index (χ2v) is 9.65. The largest absolute Gasteiger partial charge is 0.496 e. The molecule has 5 heteroatoms. The van der Waals surface area contributed by atoms with Crippen LogP contribution >= 0.6 is 0 Å². The molecule has 4 rings (SSSR count). The summed E-state index contributed by atoms with van der Waals surface area (Å²) in [6.45, 7) is 5.40. The predicted molar refractivity (Wildman–Crippen MR) is 135 cm³/mol. The smallest absolute Gasteiger partial charge is 0.303 e. The summed E-state index contributed by atoms with van der Waals surface area (Å²) in [6, 6.07) is 18.8. The molecule has 1 fully saturated rings. The molecule has 1 saturated heterocycles. The normalized spacial score (nSPS) is 21.0. The highest BCUT2D eigenvalue weighted by molar-refractivity contribution is 5.99. The number of carbonyl (C=O) groups is 1. The number of carboxylic acids is 1. The number of likely N-dealkylation sites (tertiary alicyclic amines) is 1. The number of methoxy groups -OCH3 is 1. The zero-order valence-electron chi connectivity index (χ0n) is 20.3. The van der Waals surface area contributed by atoms with Crippen LogP contribution in [0, 0.1) is 0 Å². The second-order valence-electron chi connectivity index (χ2n) is 9.65. The molecule has 0 radical (unpaired) electrons. The molecule has 0 spiro atoms. The van der Waals surface area contributed by atoms with Gasteiger partial charge in [-0.25, -0.2) is 4.39 Å². The monoisotopic (exact) mass is 463 g/mol. The number of halogens is 1. The van der Waals surface area contributed by atoms with Gasteiger partial charge in [0.05, 0.1) is 7.11 Å². The van der Waals surface area contributed by atoms with Crippen LogP contribution in [0.2, 0.25) is 0 Å². The number of aliphatic carboxylic acids is 1. The first-order valence-corrected chi connectivity index (χ1v) is 12.1. The summed E-state index contributed by atoms with van der Waals surface area (Å²) >= 11 is 0. The van der Waals surface area contributed by atoms with Gasteiger partial charge in [-0.1, -0.05) is 55.5 Å². The van der Waals surface area contributed by atoms with E-state index in [0.717, 1.165) is 58.3 Å². The van der Waals surface area contributed by atoms with Crippen LogP contribution in [0.25, 0.3) is 21.9 Å². The van der Waals surface area contributed by atoms with Crippen molar-refractivity contribution in [2.24, 2.45) is 0 Å². The Morgan fingerprint density at radius 1 is 1.15 bits per heavy atom. The molecule has 34 heavy (non-hydrogen) atoms. The van der Waals surface area contributed by atoms with Gasteiger partial charge in [0.15, 0.2) is 0 Å². The number of carboxylic acid groups (broad SMARTS) is 1. The lowest BCUT2D eigenvalue weighted by molar-refractivity contribution is -0.136. The summed E-state index contributed by atoms with van der Waals surface area (Å²) in [5.74, 6) is 0.0156. The Labute approximate surface area is 201 Å². The van der Waals surface area contributed by atoms with Crippen LogP contribution in [-0.2, 0) is 17.8 Å². The second kappa shape index (κ2) is 10.1. The van der Waals surface area contributed by atoms with Gasteiger partial charge in [-0.2, -0.15) is 0 Å². The Kier molecular flexibility index (Phi) is 7.22. The molecule has 0 aliphatic carbocycles. The summed E-state index contributed by atoms with van der Waals surface area (Å²) in [5.41, 5.74) is 3.19. The lowest BCUT2D eigenvalue weighted by Crippen LogP contribution is -2.46. The zero-order chi connectivity index (χ0) is 24.3. The molecule has 2 unspecified atom stereocenters. The lowest BCUT2D eigenvalue weighted by atomic mass is 9.88. The fraction of sp³-hybridized carbons (Fsp3) is 0.414. The van der Waals surface area contributed by atoms with Gasteiger partial charge in [-0.05, 0) is 66.1 Å². The first-order chi connectivity index (χ1) is 16.3. The number of hydrogen-bond donors (Lipinski definition) is 1. The van der Waals surface area contributed by atoms with Crippen molar-refractivity contribution in [3.8, 4) is 16.9 Å². The van der Waals surface area contributed by atoms with E-state index in [9.17, 15) is 9.18 Å². The average molecular weight is 464 g/mol.